The van der Waals surface area contributed by atoms with E-state index in [1.54, 1.807) is 25.4 Å². The molecule has 28 heavy (non-hydrogen) atoms. The molecule has 7 nitrogen and oxygen atoms in total. The maximum atomic E-state index is 12.9. The molecular formula is C20H21N3O4S. The van der Waals surface area contributed by atoms with Crippen LogP contribution in [0.2, 0.25) is 0 Å². The third kappa shape index (κ3) is 3.79. The Bertz CT molecular complexity index is 968. The third-order valence-corrected chi connectivity index (χ3v) is 5.74. The zero-order valence-electron chi connectivity index (χ0n) is 15.7. The van der Waals surface area contributed by atoms with E-state index in [1.807, 2.05) is 29.6 Å². The number of rotatable bonds is 6. The minimum atomic E-state index is -0.576. The van der Waals surface area contributed by atoms with Crippen LogP contribution in [0.5, 0.6) is 5.75 Å². The summed E-state index contributed by atoms with van der Waals surface area (Å²) in [6, 6.07) is 9.00. The Balaban J connectivity index is 1.57. The van der Waals surface area contributed by atoms with Crippen LogP contribution >= 0.6 is 11.3 Å². The van der Waals surface area contributed by atoms with Gasteiger partial charge in [-0.05, 0) is 29.5 Å². The molecule has 0 bridgehead atoms. The molecule has 146 valence electrons. The largest absolute Gasteiger partial charge is 0.496 e. The summed E-state index contributed by atoms with van der Waals surface area (Å²) in [6.07, 6.45) is 0.896. The van der Waals surface area contributed by atoms with E-state index in [-0.39, 0.29) is 18.4 Å². The van der Waals surface area contributed by atoms with Gasteiger partial charge >= 0.3 is 0 Å². The van der Waals surface area contributed by atoms with Crippen LogP contribution in [0.15, 0.2) is 40.2 Å². The molecule has 2 aromatic heterocycles. The fourth-order valence-electron chi connectivity index (χ4n) is 3.38. The lowest BCUT2D eigenvalue weighted by Crippen LogP contribution is -2.32. The van der Waals surface area contributed by atoms with Gasteiger partial charge in [0, 0.05) is 17.4 Å². The summed E-state index contributed by atoms with van der Waals surface area (Å²) in [6.45, 7) is 2.34. The van der Waals surface area contributed by atoms with E-state index in [9.17, 15) is 4.79 Å². The highest BCUT2D eigenvalue weighted by Gasteiger charge is 2.29. The smallest absolute Gasteiger partial charge is 0.223 e. The predicted molar refractivity (Wildman–Crippen MR) is 103 cm³/mol. The van der Waals surface area contributed by atoms with E-state index in [1.165, 1.54) is 5.56 Å². The zero-order valence-corrected chi connectivity index (χ0v) is 16.5. The van der Waals surface area contributed by atoms with Gasteiger partial charge in [-0.3, -0.25) is 4.79 Å². The Hall–Kier alpha value is -2.71. The number of carbonyl (C=O) groups excluding carboxylic acids is 1. The number of thiophene rings is 1. The number of carbonyl (C=O) groups is 1. The monoisotopic (exact) mass is 399 g/mol. The molecule has 4 rings (SSSR count). The highest BCUT2D eigenvalue weighted by atomic mass is 32.1. The minimum absolute atomic E-state index is 0.149. The summed E-state index contributed by atoms with van der Waals surface area (Å²) in [5.41, 5.74) is 2.03. The van der Waals surface area contributed by atoms with Crippen molar-refractivity contribution in [2.75, 3.05) is 13.7 Å². The van der Waals surface area contributed by atoms with Crippen LogP contribution in [0.3, 0.4) is 0 Å². The van der Waals surface area contributed by atoms with Crippen molar-refractivity contribution in [2.24, 2.45) is 0 Å². The van der Waals surface area contributed by atoms with Crippen LogP contribution in [0.4, 0.5) is 0 Å². The van der Waals surface area contributed by atoms with E-state index in [0.29, 0.717) is 24.1 Å². The van der Waals surface area contributed by atoms with Gasteiger partial charge in [-0.25, -0.2) is 0 Å². The average Bonchev–Trinajstić information content (AvgIpc) is 3.35. The van der Waals surface area contributed by atoms with Crippen LogP contribution in [0.1, 0.15) is 46.3 Å². The van der Waals surface area contributed by atoms with Crippen LogP contribution in [0, 0.1) is 6.92 Å². The molecule has 1 aliphatic rings. The van der Waals surface area contributed by atoms with E-state index >= 15 is 0 Å². The summed E-state index contributed by atoms with van der Waals surface area (Å²) in [5, 5.41) is 9.08. The molecule has 0 spiro atoms. The number of aromatic nitrogens is 2. The molecule has 0 radical (unpaired) electrons. The second-order valence-electron chi connectivity index (χ2n) is 6.54. The normalized spacial score (nSPS) is 17.0. The average molecular weight is 399 g/mol. The first-order valence-corrected chi connectivity index (χ1v) is 9.94. The first-order chi connectivity index (χ1) is 13.7. The molecule has 2 atom stereocenters. The van der Waals surface area contributed by atoms with Gasteiger partial charge in [0.2, 0.25) is 11.8 Å². The van der Waals surface area contributed by atoms with Crippen molar-refractivity contribution < 1.29 is 18.8 Å². The zero-order chi connectivity index (χ0) is 19.5. The number of nitrogens with zero attached hydrogens (tertiary/aromatic N) is 2. The Labute approximate surface area is 166 Å². The second kappa shape index (κ2) is 8.12. The molecule has 0 saturated heterocycles. The predicted octanol–water partition coefficient (Wildman–Crippen LogP) is 3.36. The fraction of sp³-hybridized carbons (Fsp3) is 0.350. The van der Waals surface area contributed by atoms with Gasteiger partial charge in [0.25, 0.3) is 0 Å². The molecule has 8 heteroatoms. The van der Waals surface area contributed by atoms with E-state index in [0.717, 1.165) is 16.9 Å². The number of fused-ring (bicyclic) bond motifs is 1. The van der Waals surface area contributed by atoms with Crippen LogP contribution in [-0.2, 0) is 16.0 Å². The summed E-state index contributed by atoms with van der Waals surface area (Å²) in [5.74, 6) is 1.31. The van der Waals surface area contributed by atoms with Gasteiger partial charge in [0.05, 0.1) is 20.1 Å². The number of nitrogens with one attached hydrogen (secondary N) is 1. The number of methoxy groups -OCH3 is 1. The summed E-state index contributed by atoms with van der Waals surface area (Å²) < 4.78 is 16.4. The Kier molecular flexibility index (Phi) is 5.40. The number of benzene rings is 1. The summed E-state index contributed by atoms with van der Waals surface area (Å²) >= 11 is 1.63. The standard InChI is InChI=1S/C20H21N3O4S/c1-12-21-20(23-27-12)18(14-5-3-4-6-15(14)25-2)22-17(24)11-16-19-13(7-9-26-16)8-10-28-19/h3-6,8,10,16,18H,7,9,11H2,1-2H3,(H,22,24). The SMILES string of the molecule is COc1ccccc1C(NC(=O)CC1OCCc2ccsc21)c1noc(C)n1. The van der Waals surface area contributed by atoms with Crippen LogP contribution < -0.4 is 10.1 Å². The number of hydrogen-bond acceptors (Lipinski definition) is 7. The van der Waals surface area contributed by atoms with E-state index in [4.69, 9.17) is 14.0 Å². The molecule has 1 aromatic carbocycles. The molecule has 3 heterocycles. The number of amides is 1. The lowest BCUT2D eigenvalue weighted by Gasteiger charge is -2.24. The molecular weight excluding hydrogens is 378 g/mol. The first kappa shape index (κ1) is 18.6. The number of para-hydroxylation sites is 1. The Morgan fingerprint density at radius 1 is 1.39 bits per heavy atom. The van der Waals surface area contributed by atoms with Gasteiger partial charge in [-0.15, -0.1) is 11.3 Å². The molecule has 2 unspecified atom stereocenters. The minimum Gasteiger partial charge on any atom is -0.496 e. The van der Waals surface area contributed by atoms with Crippen molar-refractivity contribution in [3.8, 4) is 5.75 Å². The molecule has 1 amide bonds. The van der Waals surface area contributed by atoms with Crippen molar-refractivity contribution in [3.05, 3.63) is 63.4 Å². The lowest BCUT2D eigenvalue weighted by molar-refractivity contribution is -0.124. The highest BCUT2D eigenvalue weighted by molar-refractivity contribution is 7.10. The number of aryl methyl sites for hydroxylation is 1. The molecule has 1 aliphatic heterocycles. The molecule has 0 fully saturated rings. The van der Waals surface area contributed by atoms with E-state index in [2.05, 4.69) is 21.5 Å². The van der Waals surface area contributed by atoms with Crippen molar-refractivity contribution in [2.45, 2.75) is 31.9 Å². The Morgan fingerprint density at radius 3 is 3.04 bits per heavy atom. The van der Waals surface area contributed by atoms with Crippen molar-refractivity contribution in [1.29, 1.82) is 0 Å². The topological polar surface area (TPSA) is 86.5 Å². The summed E-state index contributed by atoms with van der Waals surface area (Å²) in [4.78, 5) is 18.3. The molecule has 1 N–H and O–H groups in total. The van der Waals surface area contributed by atoms with Gasteiger partial charge in [0.1, 0.15) is 17.9 Å². The highest BCUT2D eigenvalue weighted by Crippen LogP contribution is 2.34. The van der Waals surface area contributed by atoms with Gasteiger partial charge < -0.3 is 19.3 Å². The molecule has 0 saturated carbocycles. The van der Waals surface area contributed by atoms with Crippen molar-refractivity contribution >= 4 is 17.2 Å². The van der Waals surface area contributed by atoms with E-state index < -0.39 is 6.04 Å². The maximum Gasteiger partial charge on any atom is 0.223 e. The van der Waals surface area contributed by atoms with Crippen molar-refractivity contribution in [1.82, 2.24) is 15.5 Å². The van der Waals surface area contributed by atoms with Gasteiger partial charge in [0.15, 0.2) is 5.82 Å². The molecule has 3 aromatic rings. The van der Waals surface area contributed by atoms with Crippen LogP contribution in [-0.4, -0.2) is 29.8 Å². The van der Waals surface area contributed by atoms with Crippen LogP contribution in [0.25, 0.3) is 0 Å². The number of hydrogen-bond donors (Lipinski definition) is 1. The third-order valence-electron chi connectivity index (χ3n) is 4.69. The van der Waals surface area contributed by atoms with Gasteiger partial charge in [-0.1, -0.05) is 23.4 Å². The molecule has 0 aliphatic carbocycles. The first-order valence-electron chi connectivity index (χ1n) is 9.06. The maximum absolute atomic E-state index is 12.9. The van der Waals surface area contributed by atoms with Gasteiger partial charge in [-0.2, -0.15) is 4.98 Å². The number of ether oxygens (including phenoxy) is 2. The fourth-order valence-corrected chi connectivity index (χ4v) is 4.39. The lowest BCUT2D eigenvalue weighted by atomic mass is 10.0. The quantitative estimate of drug-likeness (QED) is 0.684. The Morgan fingerprint density at radius 2 is 2.25 bits per heavy atom. The van der Waals surface area contributed by atoms with Crippen molar-refractivity contribution in [3.63, 3.8) is 0 Å². The second-order valence-corrected chi connectivity index (χ2v) is 7.49. The summed E-state index contributed by atoms with van der Waals surface area (Å²) in [7, 11) is 1.59.